The van der Waals surface area contributed by atoms with Gasteiger partial charge in [0, 0.05) is 25.2 Å². The summed E-state index contributed by atoms with van der Waals surface area (Å²) in [5.74, 6) is 0. The molecule has 0 saturated carbocycles. The van der Waals surface area contributed by atoms with Crippen LogP contribution >= 0.6 is 0 Å². The van der Waals surface area contributed by atoms with Crippen molar-refractivity contribution in [1.29, 1.82) is 0 Å². The van der Waals surface area contributed by atoms with Crippen molar-refractivity contribution in [2.45, 2.75) is 38.8 Å². The van der Waals surface area contributed by atoms with Crippen LogP contribution in [0, 0.1) is 6.92 Å². The van der Waals surface area contributed by atoms with E-state index in [0.29, 0.717) is 6.04 Å². The van der Waals surface area contributed by atoms with Gasteiger partial charge in [0.2, 0.25) is 0 Å². The maximum atomic E-state index is 6.34. The van der Waals surface area contributed by atoms with E-state index >= 15 is 0 Å². The second-order valence-electron chi connectivity index (χ2n) is 6.31. The van der Waals surface area contributed by atoms with Gasteiger partial charge < -0.3 is 10.6 Å². The molecule has 20 heavy (non-hydrogen) atoms. The van der Waals surface area contributed by atoms with Gasteiger partial charge in [-0.25, -0.2) is 0 Å². The monoisotopic (exact) mass is 275 g/mol. The Bertz CT molecular complexity index is 401. The lowest BCUT2D eigenvalue weighted by molar-refractivity contribution is 0.196. The van der Waals surface area contributed by atoms with E-state index in [4.69, 9.17) is 5.73 Å². The molecule has 0 aromatic heterocycles. The molecular formula is C17H29N3. The molecule has 1 heterocycles. The summed E-state index contributed by atoms with van der Waals surface area (Å²) in [5, 5.41) is 0. The molecule has 0 aliphatic carbocycles. The molecule has 1 aromatic carbocycles. The zero-order chi connectivity index (χ0) is 14.5. The topological polar surface area (TPSA) is 32.5 Å². The zero-order valence-electron chi connectivity index (χ0n) is 13.2. The van der Waals surface area contributed by atoms with Crippen molar-refractivity contribution in [2.24, 2.45) is 5.73 Å². The SMILES string of the molecule is Cc1ccc(C(N)CCN2CCCN(C)CC2C)cc1. The van der Waals surface area contributed by atoms with Crippen molar-refractivity contribution < 1.29 is 0 Å². The molecule has 3 heteroatoms. The van der Waals surface area contributed by atoms with E-state index in [1.165, 1.54) is 37.2 Å². The molecule has 1 aliphatic rings. The van der Waals surface area contributed by atoms with Crippen LogP contribution in [0.1, 0.15) is 36.9 Å². The van der Waals surface area contributed by atoms with Crippen LogP contribution in [0.2, 0.25) is 0 Å². The van der Waals surface area contributed by atoms with Crippen LogP contribution in [0.25, 0.3) is 0 Å². The molecule has 112 valence electrons. The summed E-state index contributed by atoms with van der Waals surface area (Å²) in [4.78, 5) is 5.03. The highest BCUT2D eigenvalue weighted by atomic mass is 15.2. The van der Waals surface area contributed by atoms with Crippen LogP contribution in [0.3, 0.4) is 0 Å². The molecular weight excluding hydrogens is 246 g/mol. The van der Waals surface area contributed by atoms with Crippen molar-refractivity contribution in [3.05, 3.63) is 35.4 Å². The molecule has 0 amide bonds. The number of aryl methyl sites for hydroxylation is 1. The lowest BCUT2D eigenvalue weighted by Gasteiger charge is -2.28. The number of nitrogens with zero attached hydrogens (tertiary/aromatic N) is 2. The summed E-state index contributed by atoms with van der Waals surface area (Å²) in [6.07, 6.45) is 2.30. The summed E-state index contributed by atoms with van der Waals surface area (Å²) < 4.78 is 0. The lowest BCUT2D eigenvalue weighted by atomic mass is 10.0. The van der Waals surface area contributed by atoms with Gasteiger partial charge in [-0.2, -0.15) is 0 Å². The van der Waals surface area contributed by atoms with E-state index in [0.717, 1.165) is 13.0 Å². The van der Waals surface area contributed by atoms with Gasteiger partial charge in [-0.3, -0.25) is 4.90 Å². The average molecular weight is 275 g/mol. The predicted octanol–water partition coefficient (Wildman–Crippen LogP) is 2.41. The number of benzene rings is 1. The Balaban J connectivity index is 1.86. The summed E-state index contributed by atoms with van der Waals surface area (Å²) in [5.41, 5.74) is 8.89. The largest absolute Gasteiger partial charge is 0.324 e. The molecule has 2 atom stereocenters. The number of nitrogens with two attached hydrogens (primary N) is 1. The fourth-order valence-corrected chi connectivity index (χ4v) is 3.04. The molecule has 2 N–H and O–H groups in total. The quantitative estimate of drug-likeness (QED) is 0.916. The minimum atomic E-state index is 0.156. The Morgan fingerprint density at radius 2 is 1.95 bits per heavy atom. The molecule has 1 aromatic rings. The normalized spacial score (nSPS) is 23.5. The van der Waals surface area contributed by atoms with Crippen LogP contribution in [-0.4, -0.2) is 49.1 Å². The van der Waals surface area contributed by atoms with E-state index in [9.17, 15) is 0 Å². The first-order valence-corrected chi connectivity index (χ1v) is 7.81. The van der Waals surface area contributed by atoms with Crippen LogP contribution < -0.4 is 5.73 Å². The fraction of sp³-hybridized carbons (Fsp3) is 0.647. The van der Waals surface area contributed by atoms with Gasteiger partial charge in [-0.1, -0.05) is 29.8 Å². The van der Waals surface area contributed by atoms with Crippen LogP contribution in [-0.2, 0) is 0 Å². The minimum absolute atomic E-state index is 0.156. The third-order valence-electron chi connectivity index (χ3n) is 4.42. The summed E-state index contributed by atoms with van der Waals surface area (Å²) in [6, 6.07) is 9.42. The van der Waals surface area contributed by atoms with Crippen LogP contribution in [0.5, 0.6) is 0 Å². The van der Waals surface area contributed by atoms with Crippen molar-refractivity contribution in [2.75, 3.05) is 33.2 Å². The van der Waals surface area contributed by atoms with Crippen LogP contribution in [0.15, 0.2) is 24.3 Å². The predicted molar refractivity (Wildman–Crippen MR) is 85.9 cm³/mol. The molecule has 2 unspecified atom stereocenters. The first kappa shape index (κ1) is 15.5. The second-order valence-corrected chi connectivity index (χ2v) is 6.31. The second kappa shape index (κ2) is 7.21. The molecule has 0 radical (unpaired) electrons. The fourth-order valence-electron chi connectivity index (χ4n) is 3.04. The molecule has 2 rings (SSSR count). The number of rotatable bonds is 4. The zero-order valence-corrected chi connectivity index (χ0v) is 13.2. The Kier molecular flexibility index (Phi) is 5.58. The third kappa shape index (κ3) is 4.30. The number of hydrogen-bond donors (Lipinski definition) is 1. The smallest absolute Gasteiger partial charge is 0.0307 e. The molecule has 0 spiro atoms. The average Bonchev–Trinajstić information content (AvgIpc) is 2.57. The van der Waals surface area contributed by atoms with E-state index in [-0.39, 0.29) is 6.04 Å². The third-order valence-corrected chi connectivity index (χ3v) is 4.42. The van der Waals surface area contributed by atoms with Gasteiger partial charge >= 0.3 is 0 Å². The van der Waals surface area contributed by atoms with Crippen molar-refractivity contribution >= 4 is 0 Å². The highest BCUT2D eigenvalue weighted by Gasteiger charge is 2.20. The van der Waals surface area contributed by atoms with Gasteiger partial charge in [0.1, 0.15) is 0 Å². The van der Waals surface area contributed by atoms with Crippen molar-refractivity contribution in [3.63, 3.8) is 0 Å². The van der Waals surface area contributed by atoms with Gasteiger partial charge in [0.15, 0.2) is 0 Å². The maximum absolute atomic E-state index is 6.34. The van der Waals surface area contributed by atoms with E-state index in [2.05, 4.69) is 55.0 Å². The Morgan fingerprint density at radius 1 is 1.25 bits per heavy atom. The Hall–Kier alpha value is -0.900. The van der Waals surface area contributed by atoms with Gasteiger partial charge in [-0.15, -0.1) is 0 Å². The summed E-state index contributed by atoms with van der Waals surface area (Å²) >= 11 is 0. The Labute approximate surface area is 123 Å². The first-order chi connectivity index (χ1) is 9.56. The van der Waals surface area contributed by atoms with Crippen molar-refractivity contribution in [1.82, 2.24) is 9.80 Å². The molecule has 1 aliphatic heterocycles. The number of likely N-dealkylation sites (N-methyl/N-ethyl adjacent to an activating group) is 1. The van der Waals surface area contributed by atoms with Gasteiger partial charge in [0.05, 0.1) is 0 Å². The Morgan fingerprint density at radius 3 is 2.65 bits per heavy atom. The molecule has 1 saturated heterocycles. The van der Waals surface area contributed by atoms with E-state index < -0.39 is 0 Å². The summed E-state index contributed by atoms with van der Waals surface area (Å²) in [6.45, 7) is 9.13. The minimum Gasteiger partial charge on any atom is -0.324 e. The maximum Gasteiger partial charge on any atom is 0.0307 e. The standard InChI is InChI=1S/C17H29N3/c1-14-5-7-16(8-6-14)17(18)9-12-20-11-4-10-19(3)13-15(20)2/h5-8,15,17H,4,9-13,18H2,1-3H3. The van der Waals surface area contributed by atoms with E-state index in [1.807, 2.05) is 0 Å². The number of hydrogen-bond acceptors (Lipinski definition) is 3. The summed E-state index contributed by atoms with van der Waals surface area (Å²) in [7, 11) is 2.22. The molecule has 0 bridgehead atoms. The lowest BCUT2D eigenvalue weighted by Crippen LogP contribution is -2.39. The highest BCUT2D eigenvalue weighted by molar-refractivity contribution is 5.23. The molecule has 1 fully saturated rings. The van der Waals surface area contributed by atoms with Crippen molar-refractivity contribution in [3.8, 4) is 0 Å². The van der Waals surface area contributed by atoms with Gasteiger partial charge in [-0.05, 0) is 52.4 Å². The first-order valence-electron chi connectivity index (χ1n) is 7.81. The highest BCUT2D eigenvalue weighted by Crippen LogP contribution is 2.17. The van der Waals surface area contributed by atoms with Gasteiger partial charge in [0.25, 0.3) is 0 Å². The van der Waals surface area contributed by atoms with Crippen LogP contribution in [0.4, 0.5) is 0 Å². The molecule has 3 nitrogen and oxygen atoms in total. The van der Waals surface area contributed by atoms with E-state index in [1.54, 1.807) is 0 Å².